The maximum atomic E-state index is 12.3. The summed E-state index contributed by atoms with van der Waals surface area (Å²) in [5, 5.41) is 0. The zero-order valence-corrected chi connectivity index (χ0v) is 13.8. The molecule has 3 nitrogen and oxygen atoms in total. The quantitative estimate of drug-likeness (QED) is 0.905. The minimum Gasteiger partial charge on any atom is -0.211 e. The number of halogens is 1. The fourth-order valence-electron chi connectivity index (χ4n) is 2.54. The molecule has 0 aliphatic heterocycles. The van der Waals surface area contributed by atoms with Gasteiger partial charge in [0.1, 0.15) is 0 Å². The lowest BCUT2D eigenvalue weighted by Gasteiger charge is -2.23. The van der Waals surface area contributed by atoms with Crippen LogP contribution in [0.1, 0.15) is 38.2 Å². The highest BCUT2D eigenvalue weighted by Crippen LogP contribution is 2.37. The van der Waals surface area contributed by atoms with E-state index in [2.05, 4.69) is 27.6 Å². The Morgan fingerprint density at radius 2 is 1.95 bits per heavy atom. The number of hydrogen-bond acceptors (Lipinski definition) is 2. The largest absolute Gasteiger partial charge is 0.240 e. The van der Waals surface area contributed by atoms with E-state index in [1.807, 2.05) is 6.92 Å². The number of sulfonamides is 1. The number of benzene rings is 1. The molecule has 0 spiro atoms. The van der Waals surface area contributed by atoms with Gasteiger partial charge in [-0.2, -0.15) is 0 Å². The molecule has 0 unspecified atom stereocenters. The molecule has 0 bridgehead atoms. The maximum absolute atomic E-state index is 12.3. The van der Waals surface area contributed by atoms with Crippen LogP contribution in [-0.2, 0) is 10.0 Å². The number of hydrogen-bond donors (Lipinski definition) is 1. The Hall–Kier alpha value is -0.390. The van der Waals surface area contributed by atoms with Crippen LogP contribution in [0.25, 0.3) is 0 Å². The molecule has 0 amide bonds. The maximum Gasteiger partial charge on any atom is 0.240 e. The van der Waals surface area contributed by atoms with Crippen molar-refractivity contribution >= 4 is 26.0 Å². The van der Waals surface area contributed by atoms with Crippen molar-refractivity contribution in [1.29, 1.82) is 0 Å². The van der Waals surface area contributed by atoms with Crippen LogP contribution in [0, 0.1) is 12.3 Å². The molecule has 1 aromatic rings. The van der Waals surface area contributed by atoms with Gasteiger partial charge in [0, 0.05) is 11.0 Å². The third kappa shape index (κ3) is 3.58. The molecule has 19 heavy (non-hydrogen) atoms. The van der Waals surface area contributed by atoms with Gasteiger partial charge in [-0.3, -0.25) is 0 Å². The second-order valence-corrected chi connectivity index (χ2v) is 8.37. The highest BCUT2D eigenvalue weighted by molar-refractivity contribution is 9.10. The first-order valence-electron chi connectivity index (χ1n) is 6.58. The van der Waals surface area contributed by atoms with Crippen LogP contribution in [0.15, 0.2) is 27.6 Å². The van der Waals surface area contributed by atoms with Crippen molar-refractivity contribution in [2.24, 2.45) is 5.41 Å². The fourth-order valence-corrected chi connectivity index (χ4v) is 4.07. The van der Waals surface area contributed by atoms with E-state index < -0.39 is 10.0 Å². The third-order valence-electron chi connectivity index (χ3n) is 3.94. The molecule has 0 heterocycles. The van der Waals surface area contributed by atoms with E-state index >= 15 is 0 Å². The van der Waals surface area contributed by atoms with Gasteiger partial charge in [-0.25, -0.2) is 13.1 Å². The van der Waals surface area contributed by atoms with E-state index in [1.165, 1.54) is 12.8 Å². The van der Waals surface area contributed by atoms with Crippen LogP contribution < -0.4 is 4.72 Å². The van der Waals surface area contributed by atoms with Crippen molar-refractivity contribution in [3.63, 3.8) is 0 Å². The average molecular weight is 346 g/mol. The lowest BCUT2D eigenvalue weighted by molar-refractivity contribution is 0.336. The second-order valence-electron chi connectivity index (χ2n) is 5.75. The highest BCUT2D eigenvalue weighted by Gasteiger charge is 2.30. The Morgan fingerprint density at radius 1 is 1.32 bits per heavy atom. The zero-order valence-electron chi connectivity index (χ0n) is 11.4. The van der Waals surface area contributed by atoms with Crippen molar-refractivity contribution in [2.45, 2.75) is 44.4 Å². The summed E-state index contributed by atoms with van der Waals surface area (Å²) < 4.78 is 28.2. The summed E-state index contributed by atoms with van der Waals surface area (Å²) in [7, 11) is -3.40. The molecule has 1 aliphatic carbocycles. The van der Waals surface area contributed by atoms with E-state index in [0.717, 1.165) is 22.9 Å². The van der Waals surface area contributed by atoms with Gasteiger partial charge >= 0.3 is 0 Å². The minimum atomic E-state index is -3.40. The first kappa shape index (κ1) is 15.0. The number of nitrogens with one attached hydrogen (secondary N) is 1. The molecule has 1 saturated carbocycles. The van der Waals surface area contributed by atoms with Crippen LogP contribution >= 0.6 is 15.9 Å². The Kier molecular flexibility index (Phi) is 4.38. The summed E-state index contributed by atoms with van der Waals surface area (Å²) in [4.78, 5) is 0.342. The Labute approximate surface area is 124 Å². The molecule has 2 rings (SSSR count). The van der Waals surface area contributed by atoms with Crippen LogP contribution in [-0.4, -0.2) is 15.0 Å². The lowest BCUT2D eigenvalue weighted by atomic mass is 9.89. The van der Waals surface area contributed by atoms with Gasteiger partial charge in [0.15, 0.2) is 0 Å². The third-order valence-corrected chi connectivity index (χ3v) is 6.23. The van der Waals surface area contributed by atoms with Crippen molar-refractivity contribution in [3.05, 3.63) is 28.2 Å². The van der Waals surface area contributed by atoms with E-state index in [4.69, 9.17) is 0 Å². The molecule has 0 aromatic heterocycles. The van der Waals surface area contributed by atoms with Crippen LogP contribution in [0.3, 0.4) is 0 Å². The van der Waals surface area contributed by atoms with Gasteiger partial charge in [0.05, 0.1) is 4.90 Å². The summed E-state index contributed by atoms with van der Waals surface area (Å²) in [6, 6.07) is 5.11. The molecular formula is C14H20BrNO2S. The Bertz CT molecular complexity index is 563. The summed E-state index contributed by atoms with van der Waals surface area (Å²) in [5.41, 5.74) is 1.05. The van der Waals surface area contributed by atoms with E-state index in [-0.39, 0.29) is 5.41 Å². The SMILES string of the molecule is Cc1cc(S(=O)(=O)NCC2(C)CCCC2)ccc1Br. The number of rotatable bonds is 4. The summed E-state index contributed by atoms with van der Waals surface area (Å²) >= 11 is 3.38. The fraction of sp³-hybridized carbons (Fsp3) is 0.571. The smallest absolute Gasteiger partial charge is 0.211 e. The van der Waals surface area contributed by atoms with Gasteiger partial charge in [0.2, 0.25) is 10.0 Å². The van der Waals surface area contributed by atoms with Crippen molar-refractivity contribution in [1.82, 2.24) is 4.72 Å². The van der Waals surface area contributed by atoms with Crippen LogP contribution in [0.4, 0.5) is 0 Å². The van der Waals surface area contributed by atoms with Crippen LogP contribution in [0.2, 0.25) is 0 Å². The lowest BCUT2D eigenvalue weighted by Crippen LogP contribution is -2.34. The molecule has 0 radical (unpaired) electrons. The van der Waals surface area contributed by atoms with Gasteiger partial charge in [-0.15, -0.1) is 0 Å². The van der Waals surface area contributed by atoms with E-state index in [9.17, 15) is 8.42 Å². The monoisotopic (exact) mass is 345 g/mol. The van der Waals surface area contributed by atoms with Gasteiger partial charge in [-0.1, -0.05) is 35.7 Å². The molecule has 1 aromatic carbocycles. The summed E-state index contributed by atoms with van der Waals surface area (Å²) in [6.07, 6.45) is 4.62. The van der Waals surface area contributed by atoms with Crippen molar-refractivity contribution < 1.29 is 8.42 Å². The van der Waals surface area contributed by atoms with E-state index in [1.54, 1.807) is 18.2 Å². The Morgan fingerprint density at radius 3 is 2.53 bits per heavy atom. The Balaban J connectivity index is 2.11. The van der Waals surface area contributed by atoms with Gasteiger partial charge < -0.3 is 0 Å². The van der Waals surface area contributed by atoms with Crippen molar-refractivity contribution in [2.75, 3.05) is 6.54 Å². The summed E-state index contributed by atoms with van der Waals surface area (Å²) in [5.74, 6) is 0. The molecule has 5 heteroatoms. The number of aryl methyl sites for hydroxylation is 1. The highest BCUT2D eigenvalue weighted by atomic mass is 79.9. The van der Waals surface area contributed by atoms with E-state index in [0.29, 0.717) is 11.4 Å². The van der Waals surface area contributed by atoms with Crippen molar-refractivity contribution in [3.8, 4) is 0 Å². The average Bonchev–Trinajstić information content (AvgIpc) is 2.78. The topological polar surface area (TPSA) is 46.2 Å². The molecule has 1 fully saturated rings. The first-order valence-corrected chi connectivity index (χ1v) is 8.86. The molecule has 1 N–H and O–H groups in total. The first-order chi connectivity index (χ1) is 8.82. The van der Waals surface area contributed by atoms with Gasteiger partial charge in [-0.05, 0) is 48.9 Å². The van der Waals surface area contributed by atoms with Gasteiger partial charge in [0.25, 0.3) is 0 Å². The predicted molar refractivity (Wildman–Crippen MR) is 80.6 cm³/mol. The molecular weight excluding hydrogens is 326 g/mol. The standard InChI is InChI=1S/C14H20BrNO2S/c1-11-9-12(5-6-13(11)15)19(17,18)16-10-14(2)7-3-4-8-14/h5-6,9,16H,3-4,7-8,10H2,1-2H3. The molecule has 0 atom stereocenters. The van der Waals surface area contributed by atoms with Crippen LogP contribution in [0.5, 0.6) is 0 Å². The minimum absolute atomic E-state index is 0.122. The predicted octanol–water partition coefficient (Wildman–Crippen LogP) is 3.62. The molecule has 0 saturated heterocycles. The molecule has 1 aliphatic rings. The normalized spacial score (nSPS) is 18.7. The zero-order chi connectivity index (χ0) is 14.1. The molecule has 106 valence electrons. The second kappa shape index (κ2) is 5.54. The summed E-state index contributed by atoms with van der Waals surface area (Å²) in [6.45, 7) is 4.58.